The molecule has 4 heterocycles. The number of carbonyl (C=O) groups is 4. The van der Waals surface area contributed by atoms with E-state index in [0.717, 1.165) is 80.9 Å². The smallest absolute Gasteiger partial charge is 0.262 e. The van der Waals surface area contributed by atoms with Gasteiger partial charge in [0.2, 0.25) is 11.8 Å². The maximum atomic E-state index is 13.3. The molecule has 0 spiro atoms. The van der Waals surface area contributed by atoms with E-state index in [9.17, 15) is 24.3 Å². The van der Waals surface area contributed by atoms with Crippen molar-refractivity contribution in [2.45, 2.75) is 75.9 Å². The third kappa shape index (κ3) is 6.20. The highest BCUT2D eigenvalue weighted by atomic mass is 16.3. The van der Waals surface area contributed by atoms with Crippen LogP contribution < -0.4 is 10.2 Å². The summed E-state index contributed by atoms with van der Waals surface area (Å²) < 4.78 is 0. The Morgan fingerprint density at radius 1 is 0.698 bits per heavy atom. The highest BCUT2D eigenvalue weighted by molar-refractivity contribution is 6.23. The number of fused-ring (bicyclic) bond motifs is 3. The van der Waals surface area contributed by atoms with E-state index in [1.54, 1.807) is 0 Å². The molecule has 1 aliphatic carbocycles. The third-order valence-electron chi connectivity index (χ3n) is 12.4. The van der Waals surface area contributed by atoms with E-state index in [1.807, 2.05) is 24.3 Å². The maximum absolute atomic E-state index is 13.3. The van der Waals surface area contributed by atoms with Crippen LogP contribution >= 0.6 is 0 Å². The van der Waals surface area contributed by atoms with Crippen molar-refractivity contribution < 1.29 is 24.3 Å². The van der Waals surface area contributed by atoms with Crippen LogP contribution in [0.5, 0.6) is 5.75 Å². The molecule has 2 saturated heterocycles. The number of phenolic OH excluding ortho intramolecular Hbond substituents is 1. The van der Waals surface area contributed by atoms with Gasteiger partial charge < -0.3 is 10.0 Å². The van der Waals surface area contributed by atoms with E-state index in [0.29, 0.717) is 28.7 Å². The number of anilines is 1. The number of phenols is 1. The molecule has 4 amide bonds. The summed E-state index contributed by atoms with van der Waals surface area (Å²) in [5.74, 6) is -0.235. The Bertz CT molecular complexity index is 2060. The van der Waals surface area contributed by atoms with Crippen LogP contribution in [0.3, 0.4) is 0 Å². The number of benzene rings is 4. The summed E-state index contributed by atoms with van der Waals surface area (Å²) in [4.78, 5) is 56.6. The molecule has 5 aliphatic rings. The van der Waals surface area contributed by atoms with Gasteiger partial charge in [-0.3, -0.25) is 34.3 Å². The van der Waals surface area contributed by atoms with E-state index in [1.165, 1.54) is 27.9 Å². The number of rotatable bonds is 7. The summed E-state index contributed by atoms with van der Waals surface area (Å²) in [5, 5.41) is 12.5. The van der Waals surface area contributed by atoms with Gasteiger partial charge in [0.15, 0.2) is 0 Å². The average molecular weight is 709 g/mol. The largest absolute Gasteiger partial charge is 0.508 e. The van der Waals surface area contributed by atoms with Crippen LogP contribution in [0.2, 0.25) is 0 Å². The maximum Gasteiger partial charge on any atom is 0.262 e. The van der Waals surface area contributed by atoms with Crippen LogP contribution in [-0.4, -0.2) is 64.2 Å². The molecule has 3 unspecified atom stereocenters. The van der Waals surface area contributed by atoms with Gasteiger partial charge >= 0.3 is 0 Å². The zero-order chi connectivity index (χ0) is 36.2. The number of piperidine rings is 2. The Morgan fingerprint density at radius 3 is 2.08 bits per heavy atom. The first-order chi connectivity index (χ1) is 25.8. The lowest BCUT2D eigenvalue weighted by Crippen LogP contribution is -2.54. The molecule has 9 heteroatoms. The topological polar surface area (TPSA) is 110 Å². The van der Waals surface area contributed by atoms with Crippen LogP contribution in [0.4, 0.5) is 5.69 Å². The number of nitrogens with zero attached hydrogens (tertiary/aromatic N) is 3. The van der Waals surface area contributed by atoms with E-state index in [4.69, 9.17) is 0 Å². The minimum absolute atomic E-state index is 0.112. The Hall–Kier alpha value is -5.28. The predicted octanol–water partition coefficient (Wildman–Crippen LogP) is 6.28. The van der Waals surface area contributed by atoms with E-state index >= 15 is 0 Å². The monoisotopic (exact) mass is 708 g/mol. The summed E-state index contributed by atoms with van der Waals surface area (Å²) in [6.45, 7) is 4.51. The van der Waals surface area contributed by atoms with Crippen LogP contribution in [0.25, 0.3) is 0 Å². The van der Waals surface area contributed by atoms with Crippen molar-refractivity contribution in [1.29, 1.82) is 0 Å². The molecule has 3 atom stereocenters. The lowest BCUT2D eigenvalue weighted by Gasteiger charge is -2.36. The van der Waals surface area contributed by atoms with E-state index in [-0.39, 0.29) is 24.7 Å². The number of carbonyl (C=O) groups excluding carboxylic acids is 4. The van der Waals surface area contributed by atoms with Crippen molar-refractivity contribution >= 4 is 29.3 Å². The molecule has 9 rings (SSSR count). The highest BCUT2D eigenvalue weighted by Crippen LogP contribution is 2.47. The molecule has 0 bridgehead atoms. The molecule has 4 aromatic carbocycles. The number of amides is 4. The molecule has 2 N–H and O–H groups in total. The van der Waals surface area contributed by atoms with Crippen molar-refractivity contribution in [3.05, 3.63) is 129 Å². The summed E-state index contributed by atoms with van der Waals surface area (Å²) in [6, 6.07) is 28.7. The number of aromatic hydroxyl groups is 1. The Kier molecular flexibility index (Phi) is 8.61. The second-order valence-corrected chi connectivity index (χ2v) is 15.6. The van der Waals surface area contributed by atoms with Gasteiger partial charge in [0.25, 0.3) is 11.8 Å². The fraction of sp³-hybridized carbons (Fsp3) is 0.364. The standard InChI is InChI=1S/C44H44N4O5/c49-34-11-13-36-30(22-34)8-12-35(28-4-2-1-3-5-28)41(36)29-6-9-33(10-7-29)47-20-17-27(18-21-47)16-19-46-25-31-23-37-38(24-32(31)26-46)44(53)48(43(37)52)39-14-15-40(50)45-42(39)51/h1-7,9-11,13,22-24,27,35,39,41,49H,8,12,14-21,25-26H2,(H,45,50,51). The minimum Gasteiger partial charge on any atom is -0.508 e. The molecular weight excluding hydrogens is 665 g/mol. The van der Waals surface area contributed by atoms with E-state index in [2.05, 4.69) is 75.8 Å². The van der Waals surface area contributed by atoms with Crippen LogP contribution in [0.1, 0.15) is 104 Å². The van der Waals surface area contributed by atoms with Gasteiger partial charge in [-0.2, -0.15) is 0 Å². The molecule has 270 valence electrons. The number of nitrogens with one attached hydrogen (secondary N) is 1. The van der Waals surface area contributed by atoms with Crippen molar-refractivity contribution in [2.75, 3.05) is 24.5 Å². The van der Waals surface area contributed by atoms with Gasteiger partial charge in [-0.05, 0) is 127 Å². The average Bonchev–Trinajstić information content (AvgIpc) is 3.69. The minimum atomic E-state index is -0.943. The van der Waals surface area contributed by atoms with Gasteiger partial charge in [-0.1, -0.05) is 48.5 Å². The normalized spacial score (nSPS) is 23.2. The zero-order valence-corrected chi connectivity index (χ0v) is 29.8. The van der Waals surface area contributed by atoms with E-state index < -0.39 is 23.8 Å². The van der Waals surface area contributed by atoms with Crippen molar-refractivity contribution in [3.63, 3.8) is 0 Å². The van der Waals surface area contributed by atoms with Gasteiger partial charge in [0.1, 0.15) is 11.8 Å². The fourth-order valence-electron chi connectivity index (χ4n) is 9.61. The molecule has 53 heavy (non-hydrogen) atoms. The van der Waals surface area contributed by atoms with Crippen LogP contribution in [0, 0.1) is 5.92 Å². The summed E-state index contributed by atoms with van der Waals surface area (Å²) in [5.41, 5.74) is 9.39. The van der Waals surface area contributed by atoms with Crippen LogP contribution in [0.15, 0.2) is 84.9 Å². The van der Waals surface area contributed by atoms with Gasteiger partial charge in [-0.15, -0.1) is 0 Å². The first-order valence-electron chi connectivity index (χ1n) is 19.1. The number of hydrogen-bond donors (Lipinski definition) is 2. The molecule has 4 aromatic rings. The highest BCUT2D eigenvalue weighted by Gasteiger charge is 2.45. The van der Waals surface area contributed by atoms with Crippen molar-refractivity contribution in [1.82, 2.24) is 15.1 Å². The molecule has 4 aliphatic heterocycles. The summed E-state index contributed by atoms with van der Waals surface area (Å²) in [7, 11) is 0. The molecule has 9 nitrogen and oxygen atoms in total. The van der Waals surface area contributed by atoms with Gasteiger partial charge in [-0.25, -0.2) is 0 Å². The van der Waals surface area contributed by atoms with Gasteiger partial charge in [0.05, 0.1) is 11.1 Å². The lowest BCUT2D eigenvalue weighted by atomic mass is 9.69. The van der Waals surface area contributed by atoms with Gasteiger partial charge in [0, 0.05) is 44.2 Å². The Labute approximate surface area is 309 Å². The lowest BCUT2D eigenvalue weighted by molar-refractivity contribution is -0.136. The first-order valence-corrected chi connectivity index (χ1v) is 19.1. The third-order valence-corrected chi connectivity index (χ3v) is 12.4. The molecule has 0 radical (unpaired) electrons. The summed E-state index contributed by atoms with van der Waals surface area (Å²) >= 11 is 0. The molecule has 0 saturated carbocycles. The van der Waals surface area contributed by atoms with Crippen LogP contribution in [-0.2, 0) is 29.1 Å². The number of hydrogen-bond acceptors (Lipinski definition) is 7. The molecule has 0 aromatic heterocycles. The fourth-order valence-corrected chi connectivity index (χ4v) is 9.61. The summed E-state index contributed by atoms with van der Waals surface area (Å²) in [6.07, 6.45) is 5.69. The second kappa shape index (κ2) is 13.6. The quantitative estimate of drug-likeness (QED) is 0.218. The SMILES string of the molecule is O=C1CCC(N2C(=O)c3cc4c(cc3C2=O)CN(CCC2CCN(c3ccc(C5c6ccc(O)cc6CCC5c5ccccc5)cc3)CC2)C4)C(=O)N1. The van der Waals surface area contributed by atoms with Crippen molar-refractivity contribution in [3.8, 4) is 5.75 Å². The zero-order valence-electron chi connectivity index (χ0n) is 29.8. The Morgan fingerprint density at radius 2 is 1.40 bits per heavy atom. The van der Waals surface area contributed by atoms with Crippen molar-refractivity contribution in [2.24, 2.45) is 5.92 Å². The number of aryl methyl sites for hydroxylation is 1. The Balaban J connectivity index is 0.803. The molecular formula is C44H44N4O5. The molecule has 2 fully saturated rings. The first kappa shape index (κ1) is 33.5. The predicted molar refractivity (Wildman–Crippen MR) is 201 cm³/mol. The second-order valence-electron chi connectivity index (χ2n) is 15.6. The number of imide groups is 2.